The summed E-state index contributed by atoms with van der Waals surface area (Å²) < 4.78 is 0. The van der Waals surface area contributed by atoms with Gasteiger partial charge in [-0.05, 0) is 49.0 Å². The molecule has 0 radical (unpaired) electrons. The Morgan fingerprint density at radius 2 is 2.37 bits per heavy atom. The first-order chi connectivity index (χ1) is 9.22. The topological polar surface area (TPSA) is 49.0 Å². The Labute approximate surface area is 114 Å². The van der Waals surface area contributed by atoms with E-state index in [0.29, 0.717) is 11.8 Å². The number of nitrogens with zero attached hydrogens (tertiary/aromatic N) is 2. The van der Waals surface area contributed by atoms with Crippen LogP contribution in [0.3, 0.4) is 0 Å². The zero-order chi connectivity index (χ0) is 13.2. The maximum Gasteiger partial charge on any atom is 0.222 e. The molecule has 2 aliphatic rings. The van der Waals surface area contributed by atoms with Gasteiger partial charge in [0.15, 0.2) is 0 Å². The zero-order valence-corrected chi connectivity index (χ0v) is 11.6. The summed E-state index contributed by atoms with van der Waals surface area (Å²) in [6.07, 6.45) is 10.8. The van der Waals surface area contributed by atoms with E-state index in [0.717, 1.165) is 31.2 Å². The number of rotatable bonds is 5. The van der Waals surface area contributed by atoms with Gasteiger partial charge in [-0.2, -0.15) is 5.10 Å². The Bertz CT molecular complexity index is 429. The van der Waals surface area contributed by atoms with Crippen LogP contribution in [-0.2, 0) is 11.2 Å². The first kappa shape index (κ1) is 12.7. The molecule has 3 atom stereocenters. The molecule has 19 heavy (non-hydrogen) atoms. The van der Waals surface area contributed by atoms with Gasteiger partial charge in [0.1, 0.15) is 0 Å². The molecule has 0 saturated heterocycles. The second-order valence-electron chi connectivity index (χ2n) is 6.31. The number of aromatic nitrogens is 2. The lowest BCUT2D eigenvalue weighted by Gasteiger charge is -2.24. The average molecular weight is 261 g/mol. The van der Waals surface area contributed by atoms with Crippen LogP contribution < -0.4 is 0 Å². The van der Waals surface area contributed by atoms with Crippen LogP contribution in [-0.4, -0.2) is 34.6 Å². The number of amides is 1. The van der Waals surface area contributed by atoms with Crippen molar-refractivity contribution >= 4 is 5.91 Å². The summed E-state index contributed by atoms with van der Waals surface area (Å²) in [5.74, 6) is 2.76. The van der Waals surface area contributed by atoms with E-state index in [1.165, 1.54) is 31.2 Å². The highest BCUT2D eigenvalue weighted by Crippen LogP contribution is 2.49. The van der Waals surface area contributed by atoms with Crippen molar-refractivity contribution in [3.63, 3.8) is 0 Å². The first-order valence-electron chi connectivity index (χ1n) is 7.44. The van der Waals surface area contributed by atoms with E-state index in [1.807, 2.05) is 24.3 Å². The quantitative estimate of drug-likeness (QED) is 0.883. The van der Waals surface area contributed by atoms with Gasteiger partial charge in [0.05, 0.1) is 6.20 Å². The minimum absolute atomic E-state index is 0.320. The van der Waals surface area contributed by atoms with Crippen molar-refractivity contribution in [2.24, 2.45) is 17.8 Å². The van der Waals surface area contributed by atoms with Crippen LogP contribution in [0.1, 0.15) is 37.7 Å². The molecule has 1 heterocycles. The number of nitrogens with one attached hydrogen (secondary N) is 1. The van der Waals surface area contributed by atoms with E-state index < -0.39 is 0 Å². The highest BCUT2D eigenvalue weighted by atomic mass is 16.2. The van der Waals surface area contributed by atoms with E-state index in [-0.39, 0.29) is 0 Å². The van der Waals surface area contributed by atoms with Crippen molar-refractivity contribution in [1.29, 1.82) is 0 Å². The number of fused-ring (bicyclic) bond motifs is 2. The number of hydrogen-bond acceptors (Lipinski definition) is 2. The molecule has 4 nitrogen and oxygen atoms in total. The molecule has 0 aromatic carbocycles. The Balaban J connectivity index is 1.44. The molecule has 2 fully saturated rings. The molecular formula is C15H23N3O. The highest BCUT2D eigenvalue weighted by molar-refractivity contribution is 5.76. The number of H-pyrrole nitrogens is 1. The normalized spacial score (nSPS) is 28.8. The van der Waals surface area contributed by atoms with Crippen LogP contribution in [0, 0.1) is 17.8 Å². The standard InChI is InChI=1S/C15H23N3O/c1-18(5-4-12-9-16-17-10-12)15(19)8-14-7-11-2-3-13(14)6-11/h9-11,13-14H,2-8H2,1H3,(H,16,17). The SMILES string of the molecule is CN(CCc1cn[nH]c1)C(=O)CC1CC2CCC1C2. The third kappa shape index (κ3) is 2.82. The Kier molecular flexibility index (Phi) is 3.58. The van der Waals surface area contributed by atoms with Crippen molar-refractivity contribution in [1.82, 2.24) is 15.1 Å². The summed E-state index contributed by atoms with van der Waals surface area (Å²) in [5.41, 5.74) is 1.17. The molecule has 104 valence electrons. The van der Waals surface area contributed by atoms with E-state index in [2.05, 4.69) is 10.2 Å². The van der Waals surface area contributed by atoms with Crippen LogP contribution >= 0.6 is 0 Å². The molecule has 1 aromatic heterocycles. The van der Waals surface area contributed by atoms with Gasteiger partial charge in [0.2, 0.25) is 5.91 Å². The van der Waals surface area contributed by atoms with Crippen LogP contribution in [0.2, 0.25) is 0 Å². The fourth-order valence-corrected chi connectivity index (χ4v) is 3.84. The van der Waals surface area contributed by atoms with Gasteiger partial charge in [0, 0.05) is 26.2 Å². The van der Waals surface area contributed by atoms with Crippen molar-refractivity contribution in [3.05, 3.63) is 18.0 Å². The average Bonchev–Trinajstić information content (AvgIpc) is 3.12. The fraction of sp³-hybridized carbons (Fsp3) is 0.733. The summed E-state index contributed by atoms with van der Waals surface area (Å²) in [6.45, 7) is 0.791. The van der Waals surface area contributed by atoms with Crippen molar-refractivity contribution in [2.45, 2.75) is 38.5 Å². The number of aromatic amines is 1. The van der Waals surface area contributed by atoms with Crippen LogP contribution in [0.5, 0.6) is 0 Å². The van der Waals surface area contributed by atoms with Gasteiger partial charge in [-0.1, -0.05) is 6.42 Å². The molecule has 1 amide bonds. The molecule has 2 aliphatic carbocycles. The zero-order valence-electron chi connectivity index (χ0n) is 11.6. The van der Waals surface area contributed by atoms with Crippen LogP contribution in [0.4, 0.5) is 0 Å². The largest absolute Gasteiger partial charge is 0.345 e. The molecule has 0 spiro atoms. The summed E-state index contributed by atoms with van der Waals surface area (Å²) in [7, 11) is 1.93. The number of hydrogen-bond donors (Lipinski definition) is 1. The Hall–Kier alpha value is -1.32. The van der Waals surface area contributed by atoms with E-state index in [1.54, 1.807) is 0 Å². The van der Waals surface area contributed by atoms with Crippen molar-refractivity contribution < 1.29 is 4.79 Å². The number of carbonyl (C=O) groups excluding carboxylic acids is 1. The molecule has 3 unspecified atom stereocenters. The van der Waals surface area contributed by atoms with Gasteiger partial charge in [-0.25, -0.2) is 0 Å². The lowest BCUT2D eigenvalue weighted by atomic mass is 9.86. The lowest BCUT2D eigenvalue weighted by molar-refractivity contribution is -0.131. The van der Waals surface area contributed by atoms with Gasteiger partial charge in [-0.15, -0.1) is 0 Å². The number of carbonyl (C=O) groups is 1. The molecular weight excluding hydrogens is 238 g/mol. The lowest BCUT2D eigenvalue weighted by Crippen LogP contribution is -2.31. The highest BCUT2D eigenvalue weighted by Gasteiger charge is 2.40. The van der Waals surface area contributed by atoms with Crippen LogP contribution in [0.15, 0.2) is 12.4 Å². The third-order valence-corrected chi connectivity index (χ3v) is 5.04. The maximum atomic E-state index is 12.2. The van der Waals surface area contributed by atoms with Gasteiger partial charge in [-0.3, -0.25) is 9.89 Å². The minimum atomic E-state index is 0.320. The van der Waals surface area contributed by atoms with Gasteiger partial charge < -0.3 is 4.90 Å². The third-order valence-electron chi connectivity index (χ3n) is 5.04. The predicted octanol–water partition coefficient (Wildman–Crippen LogP) is 2.24. The van der Waals surface area contributed by atoms with E-state index in [4.69, 9.17) is 0 Å². The molecule has 4 heteroatoms. The summed E-state index contributed by atoms with van der Waals surface area (Å²) >= 11 is 0. The molecule has 1 N–H and O–H groups in total. The maximum absolute atomic E-state index is 12.2. The van der Waals surface area contributed by atoms with E-state index in [9.17, 15) is 4.79 Å². The monoisotopic (exact) mass is 261 g/mol. The van der Waals surface area contributed by atoms with Crippen LogP contribution in [0.25, 0.3) is 0 Å². The fourth-order valence-electron chi connectivity index (χ4n) is 3.84. The van der Waals surface area contributed by atoms with Crippen molar-refractivity contribution in [3.8, 4) is 0 Å². The molecule has 2 bridgehead atoms. The predicted molar refractivity (Wildman–Crippen MR) is 73.5 cm³/mol. The smallest absolute Gasteiger partial charge is 0.222 e. The van der Waals surface area contributed by atoms with Gasteiger partial charge >= 0.3 is 0 Å². The second kappa shape index (κ2) is 5.35. The summed E-state index contributed by atoms with van der Waals surface area (Å²) in [6, 6.07) is 0. The molecule has 3 rings (SSSR count). The Morgan fingerprint density at radius 3 is 3.00 bits per heavy atom. The molecule has 0 aliphatic heterocycles. The Morgan fingerprint density at radius 1 is 1.47 bits per heavy atom. The minimum Gasteiger partial charge on any atom is -0.345 e. The summed E-state index contributed by atoms with van der Waals surface area (Å²) in [4.78, 5) is 14.1. The molecule has 2 saturated carbocycles. The second-order valence-corrected chi connectivity index (χ2v) is 6.31. The number of likely N-dealkylation sites (N-methyl/N-ethyl adjacent to an activating group) is 1. The summed E-state index contributed by atoms with van der Waals surface area (Å²) in [5, 5.41) is 6.73. The van der Waals surface area contributed by atoms with E-state index >= 15 is 0 Å². The van der Waals surface area contributed by atoms with Gasteiger partial charge in [0.25, 0.3) is 0 Å². The first-order valence-corrected chi connectivity index (χ1v) is 7.44. The molecule has 1 aromatic rings. The van der Waals surface area contributed by atoms with Crippen molar-refractivity contribution in [2.75, 3.05) is 13.6 Å².